The highest BCUT2D eigenvalue weighted by atomic mass is 16.5. The van der Waals surface area contributed by atoms with Crippen LogP contribution in [0.4, 0.5) is 5.69 Å². The fourth-order valence-corrected chi connectivity index (χ4v) is 2.12. The fraction of sp³-hybridized carbons (Fsp3) is 0.250. The lowest BCUT2D eigenvalue weighted by Crippen LogP contribution is -2.11. The summed E-state index contributed by atoms with van der Waals surface area (Å²) in [6.07, 6.45) is 0.709. The topological polar surface area (TPSA) is 88.8 Å². The summed E-state index contributed by atoms with van der Waals surface area (Å²) in [5.41, 5.74) is 1.38. The number of carboxylic acid groups (broad SMARTS) is 1. The number of aryl methyl sites for hydroxylation is 2. The van der Waals surface area contributed by atoms with Gasteiger partial charge in [-0.2, -0.15) is 0 Å². The number of ether oxygens (including phenoxy) is 1. The van der Waals surface area contributed by atoms with Crippen LogP contribution in [0.25, 0.3) is 0 Å². The summed E-state index contributed by atoms with van der Waals surface area (Å²) in [7, 11) is 1.37. The van der Waals surface area contributed by atoms with Gasteiger partial charge in [-0.1, -0.05) is 6.92 Å². The van der Waals surface area contributed by atoms with E-state index in [4.69, 9.17) is 14.3 Å². The molecule has 2 N–H and O–H groups in total. The van der Waals surface area contributed by atoms with Gasteiger partial charge in [-0.15, -0.1) is 0 Å². The van der Waals surface area contributed by atoms with Crippen molar-refractivity contribution in [3.8, 4) is 5.75 Å². The molecule has 0 bridgehead atoms. The van der Waals surface area contributed by atoms with Crippen LogP contribution in [0.15, 0.2) is 28.7 Å². The number of carbonyl (C=O) groups excluding carboxylic acids is 1. The standard InChI is InChI=1S/C16H17NO5/c1-4-12-9(2)7-14(22-12)15(18)17-10-5-6-11(16(19)20)13(8-10)21-3/h5-8H,4H2,1-3H3,(H,17,18)(H,19,20). The van der Waals surface area contributed by atoms with E-state index in [-0.39, 0.29) is 17.1 Å². The van der Waals surface area contributed by atoms with E-state index in [9.17, 15) is 9.59 Å². The zero-order valence-corrected chi connectivity index (χ0v) is 12.6. The lowest BCUT2D eigenvalue weighted by molar-refractivity contribution is 0.0693. The molecule has 0 atom stereocenters. The van der Waals surface area contributed by atoms with Gasteiger partial charge in [0.15, 0.2) is 5.76 Å². The Bertz CT molecular complexity index is 717. The number of carbonyl (C=O) groups is 2. The van der Waals surface area contributed by atoms with E-state index >= 15 is 0 Å². The van der Waals surface area contributed by atoms with Crippen LogP contribution < -0.4 is 10.1 Å². The maximum absolute atomic E-state index is 12.2. The Hall–Kier alpha value is -2.76. The van der Waals surface area contributed by atoms with Crippen molar-refractivity contribution in [1.82, 2.24) is 0 Å². The molecule has 0 saturated heterocycles. The number of nitrogens with one attached hydrogen (secondary N) is 1. The molecule has 22 heavy (non-hydrogen) atoms. The quantitative estimate of drug-likeness (QED) is 0.886. The van der Waals surface area contributed by atoms with Crippen LogP contribution >= 0.6 is 0 Å². The summed E-state index contributed by atoms with van der Waals surface area (Å²) in [4.78, 5) is 23.2. The minimum atomic E-state index is -1.09. The van der Waals surface area contributed by atoms with E-state index < -0.39 is 11.9 Å². The first-order valence-electron chi connectivity index (χ1n) is 6.78. The van der Waals surface area contributed by atoms with E-state index in [1.807, 2.05) is 13.8 Å². The molecule has 0 saturated carbocycles. The molecule has 1 aromatic carbocycles. The van der Waals surface area contributed by atoms with Gasteiger partial charge >= 0.3 is 5.97 Å². The molecule has 0 aliphatic carbocycles. The van der Waals surface area contributed by atoms with Crippen LogP contribution in [-0.2, 0) is 6.42 Å². The third-order valence-electron chi connectivity index (χ3n) is 3.26. The Morgan fingerprint density at radius 1 is 1.32 bits per heavy atom. The Kier molecular flexibility index (Phi) is 4.50. The van der Waals surface area contributed by atoms with Crippen LogP contribution in [0.2, 0.25) is 0 Å². The molecule has 1 heterocycles. The number of amides is 1. The largest absolute Gasteiger partial charge is 0.496 e. The Morgan fingerprint density at radius 3 is 2.59 bits per heavy atom. The highest BCUT2D eigenvalue weighted by molar-refractivity contribution is 6.03. The van der Waals surface area contributed by atoms with E-state index in [0.29, 0.717) is 12.1 Å². The van der Waals surface area contributed by atoms with Crippen molar-refractivity contribution in [3.63, 3.8) is 0 Å². The number of benzene rings is 1. The van der Waals surface area contributed by atoms with Gasteiger partial charge in [-0.05, 0) is 30.7 Å². The van der Waals surface area contributed by atoms with Gasteiger partial charge in [0, 0.05) is 18.2 Å². The maximum Gasteiger partial charge on any atom is 0.339 e. The zero-order valence-electron chi connectivity index (χ0n) is 12.6. The number of furan rings is 1. The van der Waals surface area contributed by atoms with E-state index in [1.54, 1.807) is 6.07 Å². The Morgan fingerprint density at radius 2 is 2.05 bits per heavy atom. The van der Waals surface area contributed by atoms with Gasteiger partial charge in [0.1, 0.15) is 17.1 Å². The second-order valence-corrected chi connectivity index (χ2v) is 4.74. The molecule has 2 aromatic rings. The average molecular weight is 303 g/mol. The van der Waals surface area contributed by atoms with Crippen molar-refractivity contribution in [2.45, 2.75) is 20.3 Å². The minimum absolute atomic E-state index is 0.0302. The van der Waals surface area contributed by atoms with Crippen molar-refractivity contribution < 1.29 is 23.8 Å². The number of hydrogen-bond donors (Lipinski definition) is 2. The summed E-state index contributed by atoms with van der Waals surface area (Å²) in [5, 5.41) is 11.7. The van der Waals surface area contributed by atoms with Crippen LogP contribution in [0.3, 0.4) is 0 Å². The monoisotopic (exact) mass is 303 g/mol. The molecule has 6 nitrogen and oxygen atoms in total. The highest BCUT2D eigenvalue weighted by Crippen LogP contribution is 2.24. The summed E-state index contributed by atoms with van der Waals surface area (Å²) < 4.78 is 10.5. The molecular formula is C16H17NO5. The van der Waals surface area contributed by atoms with E-state index in [2.05, 4.69) is 5.32 Å². The van der Waals surface area contributed by atoms with Gasteiger partial charge in [-0.25, -0.2) is 4.79 Å². The van der Waals surface area contributed by atoms with Gasteiger partial charge < -0.3 is 19.6 Å². The molecule has 0 radical (unpaired) electrons. The fourth-order valence-electron chi connectivity index (χ4n) is 2.12. The molecular weight excluding hydrogens is 286 g/mol. The highest BCUT2D eigenvalue weighted by Gasteiger charge is 2.16. The Balaban J connectivity index is 2.22. The number of anilines is 1. The van der Waals surface area contributed by atoms with Crippen molar-refractivity contribution in [2.24, 2.45) is 0 Å². The summed E-state index contributed by atoms with van der Waals surface area (Å²) in [6, 6.07) is 6.01. The number of rotatable bonds is 5. The van der Waals surface area contributed by atoms with Crippen LogP contribution in [0, 0.1) is 6.92 Å². The van der Waals surface area contributed by atoms with Crippen molar-refractivity contribution >= 4 is 17.6 Å². The molecule has 0 unspecified atom stereocenters. The number of aromatic carboxylic acids is 1. The molecule has 0 fully saturated rings. The van der Waals surface area contributed by atoms with Gasteiger partial charge in [0.25, 0.3) is 5.91 Å². The van der Waals surface area contributed by atoms with Crippen molar-refractivity contribution in [3.05, 3.63) is 46.9 Å². The van der Waals surface area contributed by atoms with Crippen LogP contribution in [0.5, 0.6) is 5.75 Å². The first-order valence-corrected chi connectivity index (χ1v) is 6.78. The van der Waals surface area contributed by atoms with Crippen LogP contribution in [-0.4, -0.2) is 24.1 Å². The zero-order chi connectivity index (χ0) is 16.3. The summed E-state index contributed by atoms with van der Waals surface area (Å²) in [5.74, 6) is -0.327. The number of carboxylic acids is 1. The first kappa shape index (κ1) is 15.6. The minimum Gasteiger partial charge on any atom is -0.496 e. The van der Waals surface area contributed by atoms with Gasteiger partial charge in [0.05, 0.1) is 7.11 Å². The molecule has 6 heteroatoms. The van der Waals surface area contributed by atoms with Gasteiger partial charge in [0.2, 0.25) is 0 Å². The lowest BCUT2D eigenvalue weighted by atomic mass is 10.2. The second kappa shape index (κ2) is 6.34. The predicted octanol–water partition coefficient (Wildman–Crippen LogP) is 3.11. The van der Waals surface area contributed by atoms with E-state index in [0.717, 1.165) is 11.3 Å². The molecule has 2 rings (SSSR count). The second-order valence-electron chi connectivity index (χ2n) is 4.74. The van der Waals surface area contributed by atoms with Gasteiger partial charge in [-0.3, -0.25) is 4.79 Å². The molecule has 0 spiro atoms. The number of methoxy groups -OCH3 is 1. The molecule has 1 amide bonds. The summed E-state index contributed by atoms with van der Waals surface area (Å²) in [6.45, 7) is 3.83. The number of hydrogen-bond acceptors (Lipinski definition) is 4. The third kappa shape index (κ3) is 3.11. The smallest absolute Gasteiger partial charge is 0.339 e. The molecule has 1 aromatic heterocycles. The van der Waals surface area contributed by atoms with Crippen molar-refractivity contribution in [1.29, 1.82) is 0 Å². The molecule has 0 aliphatic heterocycles. The lowest BCUT2D eigenvalue weighted by Gasteiger charge is -2.08. The maximum atomic E-state index is 12.2. The molecule has 116 valence electrons. The summed E-state index contributed by atoms with van der Waals surface area (Å²) >= 11 is 0. The van der Waals surface area contributed by atoms with E-state index in [1.165, 1.54) is 25.3 Å². The van der Waals surface area contributed by atoms with Crippen molar-refractivity contribution in [2.75, 3.05) is 12.4 Å². The average Bonchev–Trinajstić information content (AvgIpc) is 2.88. The third-order valence-corrected chi connectivity index (χ3v) is 3.26. The Labute approximate surface area is 127 Å². The normalized spacial score (nSPS) is 10.3. The first-order chi connectivity index (χ1) is 10.5. The SMILES string of the molecule is CCc1oc(C(=O)Nc2ccc(C(=O)O)c(OC)c2)cc1C. The molecule has 0 aliphatic rings. The predicted molar refractivity (Wildman–Crippen MR) is 80.7 cm³/mol. The van der Waals surface area contributed by atoms with Crippen LogP contribution in [0.1, 0.15) is 39.2 Å².